The molecule has 2 rings (SSSR count). The van der Waals surface area contributed by atoms with E-state index in [1.54, 1.807) is 0 Å². The van der Waals surface area contributed by atoms with Gasteiger partial charge in [0.25, 0.3) is 23.6 Å². The van der Waals surface area contributed by atoms with Crippen molar-refractivity contribution < 1.29 is 57.1 Å². The molecule has 0 spiro atoms. The first kappa shape index (κ1) is 32.2. The minimum absolute atomic E-state index is 0.00886. The zero-order chi connectivity index (χ0) is 28.3. The lowest BCUT2D eigenvalue weighted by atomic mass is 10.4. The van der Waals surface area contributed by atoms with Gasteiger partial charge >= 0.3 is 5.97 Å². The fraction of sp³-hybridized carbons (Fsp3) is 0.625. The van der Waals surface area contributed by atoms with E-state index in [1.807, 2.05) is 0 Å². The molecule has 0 saturated carbocycles. The predicted octanol–water partition coefficient (Wildman–Crippen LogP) is -1.89. The lowest BCUT2D eigenvalue weighted by Crippen LogP contribution is -2.35. The molecule has 0 aliphatic carbocycles. The zero-order valence-electron chi connectivity index (χ0n) is 21.7. The summed E-state index contributed by atoms with van der Waals surface area (Å²) in [5.74, 6) is -3.06. The number of imide groups is 2. The van der Waals surface area contributed by atoms with Gasteiger partial charge in [-0.3, -0.25) is 33.8 Å². The second-order valence-electron chi connectivity index (χ2n) is 7.83. The van der Waals surface area contributed by atoms with Crippen LogP contribution < -0.4 is 5.73 Å². The number of esters is 1. The van der Waals surface area contributed by atoms with Gasteiger partial charge in [0.2, 0.25) is 5.76 Å². The second kappa shape index (κ2) is 19.1. The van der Waals surface area contributed by atoms with E-state index in [0.29, 0.717) is 19.8 Å². The quantitative estimate of drug-likeness (QED) is 0.0638. The summed E-state index contributed by atoms with van der Waals surface area (Å²) in [7, 11) is 0. The molecule has 2 aliphatic heterocycles. The second-order valence-corrected chi connectivity index (χ2v) is 7.83. The molecule has 4 amide bonds. The van der Waals surface area contributed by atoms with Crippen LogP contribution in [-0.2, 0) is 57.1 Å². The Labute approximate surface area is 225 Å². The van der Waals surface area contributed by atoms with Crippen LogP contribution in [0.1, 0.15) is 6.42 Å². The number of amides is 4. The van der Waals surface area contributed by atoms with Gasteiger partial charge in [-0.15, -0.1) is 0 Å². The summed E-state index contributed by atoms with van der Waals surface area (Å²) >= 11 is 0. The van der Waals surface area contributed by atoms with Crippen LogP contribution in [0.15, 0.2) is 24.0 Å². The highest BCUT2D eigenvalue weighted by molar-refractivity contribution is 6.15. The molecular weight excluding hydrogens is 522 g/mol. The van der Waals surface area contributed by atoms with Crippen molar-refractivity contribution >= 4 is 29.6 Å². The molecule has 218 valence electrons. The highest BCUT2D eigenvalue weighted by Crippen LogP contribution is 2.14. The Morgan fingerprint density at radius 2 is 1.08 bits per heavy atom. The Balaban J connectivity index is 1.42. The van der Waals surface area contributed by atoms with Gasteiger partial charge in [0, 0.05) is 12.2 Å². The molecule has 39 heavy (non-hydrogen) atoms. The highest BCUT2D eigenvalue weighted by Gasteiger charge is 2.33. The van der Waals surface area contributed by atoms with Crippen molar-refractivity contribution in [2.24, 2.45) is 5.73 Å². The fourth-order valence-electron chi connectivity index (χ4n) is 3.13. The van der Waals surface area contributed by atoms with Gasteiger partial charge in [0.1, 0.15) is 0 Å². The Kier molecular flexibility index (Phi) is 15.7. The van der Waals surface area contributed by atoms with Gasteiger partial charge in [0.15, 0.2) is 0 Å². The first-order valence-corrected chi connectivity index (χ1v) is 12.4. The van der Waals surface area contributed by atoms with E-state index in [9.17, 15) is 24.0 Å². The molecule has 0 radical (unpaired) electrons. The number of nitrogens with two attached hydrogens (primary N) is 1. The summed E-state index contributed by atoms with van der Waals surface area (Å²) in [6.07, 6.45) is 3.28. The maximum atomic E-state index is 12.3. The van der Waals surface area contributed by atoms with E-state index in [2.05, 4.69) is 0 Å². The summed E-state index contributed by atoms with van der Waals surface area (Å²) in [4.78, 5) is 61.1. The lowest BCUT2D eigenvalue weighted by molar-refractivity contribution is -0.147. The lowest BCUT2D eigenvalue weighted by Gasteiger charge is -2.14. The summed E-state index contributed by atoms with van der Waals surface area (Å²) in [5.41, 5.74) is 5.18. The summed E-state index contributed by atoms with van der Waals surface area (Å²) in [6, 6.07) is 0. The summed E-state index contributed by atoms with van der Waals surface area (Å²) < 4.78 is 36.4. The van der Waals surface area contributed by atoms with E-state index < -0.39 is 17.8 Å². The molecule has 0 atom stereocenters. The van der Waals surface area contributed by atoms with E-state index in [-0.39, 0.29) is 96.7 Å². The first-order valence-electron chi connectivity index (χ1n) is 12.4. The normalized spacial score (nSPS) is 15.2. The van der Waals surface area contributed by atoms with Crippen molar-refractivity contribution in [3.63, 3.8) is 0 Å². The monoisotopic (exact) mass is 557 g/mol. The van der Waals surface area contributed by atoms with Crippen LogP contribution in [0.3, 0.4) is 0 Å². The number of carbonyl (C=O) groups excluding carboxylic acids is 5. The van der Waals surface area contributed by atoms with Crippen LogP contribution in [0.25, 0.3) is 0 Å². The van der Waals surface area contributed by atoms with E-state index in [0.717, 1.165) is 15.9 Å². The molecule has 0 fully saturated rings. The van der Waals surface area contributed by atoms with E-state index >= 15 is 0 Å². The van der Waals surface area contributed by atoms with Gasteiger partial charge in [0.05, 0.1) is 105 Å². The third-order valence-corrected chi connectivity index (χ3v) is 5.08. The van der Waals surface area contributed by atoms with Crippen molar-refractivity contribution in [3.8, 4) is 0 Å². The van der Waals surface area contributed by atoms with Gasteiger partial charge < -0.3 is 38.9 Å². The van der Waals surface area contributed by atoms with Crippen LogP contribution >= 0.6 is 0 Å². The van der Waals surface area contributed by atoms with Crippen LogP contribution in [0, 0.1) is 0 Å². The van der Waals surface area contributed by atoms with Crippen molar-refractivity contribution in [2.75, 3.05) is 92.5 Å². The molecule has 2 aliphatic rings. The molecule has 0 aromatic rings. The first-order chi connectivity index (χ1) is 18.9. The standard InChI is InChI=1S/C24H35N3O12/c25-18-38-16-15-37-14-11-35-8-5-27-22(30)17-19(24(27)32)39-23(31)3-6-33-9-12-36-13-10-34-7-4-26-20(28)1-2-21(26)29/h1-2,17H,3-16,18,25H2. The van der Waals surface area contributed by atoms with Crippen LogP contribution in [0.5, 0.6) is 0 Å². The number of hydrogen-bond donors (Lipinski definition) is 1. The van der Waals surface area contributed by atoms with Gasteiger partial charge in [-0.25, -0.2) is 0 Å². The SMILES string of the molecule is NCOCCOCCOCCN1C(=O)C=C(OC(=O)CCOCCOCCOCCN2C(=O)C=CC2=O)C1=O. The predicted molar refractivity (Wildman–Crippen MR) is 130 cm³/mol. The maximum absolute atomic E-state index is 12.3. The molecule has 15 nitrogen and oxygen atoms in total. The minimum Gasteiger partial charge on any atom is -0.420 e. The maximum Gasteiger partial charge on any atom is 0.313 e. The van der Waals surface area contributed by atoms with Crippen LogP contribution in [0.4, 0.5) is 0 Å². The number of ether oxygens (including phenoxy) is 7. The van der Waals surface area contributed by atoms with Crippen molar-refractivity contribution in [3.05, 3.63) is 24.0 Å². The molecule has 0 unspecified atom stereocenters. The molecule has 0 aromatic carbocycles. The average Bonchev–Trinajstić information content (AvgIpc) is 3.37. The molecule has 2 heterocycles. The Morgan fingerprint density at radius 3 is 1.62 bits per heavy atom. The Bertz CT molecular complexity index is 874. The van der Waals surface area contributed by atoms with Gasteiger partial charge in [-0.1, -0.05) is 0 Å². The third kappa shape index (κ3) is 12.6. The molecule has 0 aromatic heterocycles. The Morgan fingerprint density at radius 1 is 0.615 bits per heavy atom. The van der Waals surface area contributed by atoms with Gasteiger partial charge in [-0.2, -0.15) is 0 Å². The number of rotatable bonds is 23. The minimum atomic E-state index is -0.712. The van der Waals surface area contributed by atoms with Gasteiger partial charge in [-0.05, 0) is 0 Å². The van der Waals surface area contributed by atoms with Crippen LogP contribution in [-0.4, -0.2) is 132 Å². The molecule has 15 heteroatoms. The molecule has 0 bridgehead atoms. The number of nitrogens with zero attached hydrogens (tertiary/aromatic N) is 2. The topological polar surface area (TPSA) is 182 Å². The van der Waals surface area contributed by atoms with E-state index in [4.69, 9.17) is 38.9 Å². The summed E-state index contributed by atoms with van der Waals surface area (Å²) in [5, 5.41) is 0. The molecule has 0 saturated heterocycles. The largest absolute Gasteiger partial charge is 0.420 e. The molecular formula is C24H35N3O12. The number of carbonyl (C=O) groups is 5. The van der Waals surface area contributed by atoms with Crippen molar-refractivity contribution in [1.82, 2.24) is 9.80 Å². The third-order valence-electron chi connectivity index (χ3n) is 5.08. The smallest absolute Gasteiger partial charge is 0.313 e. The summed E-state index contributed by atoms with van der Waals surface area (Å²) in [6.45, 7) is 3.07. The van der Waals surface area contributed by atoms with E-state index in [1.165, 1.54) is 12.2 Å². The zero-order valence-corrected chi connectivity index (χ0v) is 21.7. The Hall–Kier alpha value is -3.05. The number of hydrogen-bond acceptors (Lipinski definition) is 13. The molecule has 2 N–H and O–H groups in total. The average molecular weight is 558 g/mol. The van der Waals surface area contributed by atoms with Crippen molar-refractivity contribution in [2.45, 2.75) is 6.42 Å². The fourth-order valence-corrected chi connectivity index (χ4v) is 3.13. The van der Waals surface area contributed by atoms with Crippen molar-refractivity contribution in [1.29, 1.82) is 0 Å². The highest BCUT2D eigenvalue weighted by atomic mass is 16.6. The van der Waals surface area contributed by atoms with Crippen LogP contribution in [0.2, 0.25) is 0 Å².